The Kier molecular flexibility index (Phi) is 4.08. The number of hydrogen-bond donors (Lipinski definition) is 0. The van der Waals surface area contributed by atoms with Gasteiger partial charge in [-0.05, 0) is 0 Å². The van der Waals surface area contributed by atoms with E-state index in [9.17, 15) is 13.2 Å². The van der Waals surface area contributed by atoms with E-state index in [1.165, 1.54) is 0 Å². The molecular formula is C2H4F3Li+. The van der Waals surface area contributed by atoms with Crippen LogP contribution in [0.25, 0.3) is 0 Å². The molecule has 0 aromatic rings. The van der Waals surface area contributed by atoms with E-state index in [2.05, 4.69) is 0 Å². The van der Waals surface area contributed by atoms with E-state index in [1.54, 1.807) is 6.92 Å². The minimum absolute atomic E-state index is 0. The third-order valence-corrected chi connectivity index (χ3v) is 0. The summed E-state index contributed by atoms with van der Waals surface area (Å²) in [7, 11) is 0. The Bertz CT molecular complexity index is 28.4. The molecule has 0 amide bonds. The molecule has 0 nitrogen and oxygen atoms in total. The van der Waals surface area contributed by atoms with E-state index >= 15 is 0 Å². The second-order valence-electron chi connectivity index (χ2n) is 0.615. The second kappa shape index (κ2) is 2.54. The number of alkyl halides is 3. The molecule has 0 unspecified atom stereocenters. The van der Waals surface area contributed by atoms with Gasteiger partial charge in [0.1, 0.15) is 0 Å². The van der Waals surface area contributed by atoms with Crippen LogP contribution in [0.3, 0.4) is 0 Å². The van der Waals surface area contributed by atoms with Crippen LogP contribution in [0.2, 0.25) is 0 Å². The standard InChI is InChI=1S/C2H2F3.Li.H/c1-2(3,4)5;;/h1H2;;/p+1. The minimum atomic E-state index is -4.25. The van der Waals surface area contributed by atoms with Gasteiger partial charge in [-0.25, -0.2) is 0 Å². The van der Waals surface area contributed by atoms with E-state index in [0.29, 0.717) is 0 Å². The molecule has 0 aromatic heterocycles. The molecule has 6 heavy (non-hydrogen) atoms. The Balaban J connectivity index is -0.0000000800. The zero-order valence-electron chi connectivity index (χ0n) is 3.34. The zero-order chi connectivity index (χ0) is 4.50. The van der Waals surface area contributed by atoms with Crippen LogP contribution in [0.1, 0.15) is 1.43 Å². The second-order valence-corrected chi connectivity index (χ2v) is 0.615. The molecule has 0 aliphatic heterocycles. The molecular weight excluding hydrogens is 88.0 g/mol. The summed E-state index contributed by atoms with van der Waals surface area (Å²) in [6.45, 7) is 1.77. The normalized spacial score (nSPS) is 10.0. The van der Waals surface area contributed by atoms with Crippen molar-refractivity contribution < 1.29 is 14.6 Å². The fourth-order valence-electron chi connectivity index (χ4n) is 0. The maximum atomic E-state index is 10.2. The molecule has 0 rings (SSSR count). The predicted octanol–water partition coefficient (Wildman–Crippen LogP) is 0.847. The van der Waals surface area contributed by atoms with Crippen LogP contribution in [-0.2, 0) is 0 Å². The van der Waals surface area contributed by atoms with E-state index in [0.717, 1.165) is 0 Å². The molecule has 0 spiro atoms. The van der Waals surface area contributed by atoms with Crippen molar-refractivity contribution in [2.45, 2.75) is 6.18 Å². The van der Waals surface area contributed by atoms with Crippen molar-refractivity contribution in [1.82, 2.24) is 0 Å². The topological polar surface area (TPSA) is 0 Å². The fourth-order valence-corrected chi connectivity index (χ4v) is 0. The molecule has 0 saturated carbocycles. The third-order valence-electron chi connectivity index (χ3n) is 0. The van der Waals surface area contributed by atoms with Crippen LogP contribution in [0.5, 0.6) is 0 Å². The Labute approximate surface area is 47.4 Å². The summed E-state index contributed by atoms with van der Waals surface area (Å²) < 4.78 is 30.7. The molecule has 0 N–H and O–H groups in total. The van der Waals surface area contributed by atoms with Gasteiger partial charge < -0.3 is 0 Å². The molecule has 0 aliphatic carbocycles. The average molecular weight is 92.0 g/mol. The summed E-state index contributed by atoms with van der Waals surface area (Å²) in [6, 6.07) is 0. The van der Waals surface area contributed by atoms with Gasteiger partial charge in [-0.1, -0.05) is 0 Å². The van der Waals surface area contributed by atoms with E-state index < -0.39 is 6.18 Å². The van der Waals surface area contributed by atoms with Crippen LogP contribution in [0.4, 0.5) is 13.2 Å². The first-order chi connectivity index (χ1) is 2.00. The van der Waals surface area contributed by atoms with Crippen molar-refractivity contribution in [3.63, 3.8) is 0 Å². The molecule has 4 heteroatoms. The van der Waals surface area contributed by atoms with Crippen molar-refractivity contribution in [3.8, 4) is 0 Å². The van der Waals surface area contributed by atoms with Crippen molar-refractivity contribution in [3.05, 3.63) is 6.92 Å². The van der Waals surface area contributed by atoms with Gasteiger partial charge in [0.25, 0.3) is 0 Å². The van der Waals surface area contributed by atoms with Gasteiger partial charge in [0.15, 0.2) is 0 Å². The summed E-state index contributed by atoms with van der Waals surface area (Å²) in [5.74, 6) is 0. The van der Waals surface area contributed by atoms with Gasteiger partial charge in [0, 0.05) is 0 Å². The van der Waals surface area contributed by atoms with Gasteiger partial charge in [0.2, 0.25) is 0 Å². The van der Waals surface area contributed by atoms with Crippen LogP contribution < -0.4 is 0 Å². The van der Waals surface area contributed by atoms with Gasteiger partial charge in [-0.15, -0.1) is 0 Å². The molecule has 0 aromatic carbocycles. The maximum absolute atomic E-state index is 10.2. The first kappa shape index (κ1) is 9.63. The molecule has 33 valence electrons. The quantitative estimate of drug-likeness (QED) is 0.388. The van der Waals surface area contributed by atoms with Gasteiger partial charge in [-0.2, -0.15) is 13.2 Å². The Morgan fingerprint density at radius 2 is 1.33 bits per heavy atom. The van der Waals surface area contributed by atoms with Crippen LogP contribution in [-0.4, -0.2) is 25.0 Å². The van der Waals surface area contributed by atoms with E-state index in [1.807, 2.05) is 0 Å². The molecule has 1 radical (unpaired) electrons. The Morgan fingerprint density at radius 1 is 1.33 bits per heavy atom. The predicted molar refractivity (Wildman–Crippen MR) is 19.7 cm³/mol. The molecule has 0 heterocycles. The first-order valence-corrected chi connectivity index (χ1v) is 0.921. The monoisotopic (exact) mass is 92.0 g/mol. The third kappa shape index (κ3) is 335. The van der Waals surface area contributed by atoms with Crippen LogP contribution >= 0.6 is 0 Å². The van der Waals surface area contributed by atoms with Gasteiger partial charge in [0.05, 0.1) is 6.92 Å². The first-order valence-electron chi connectivity index (χ1n) is 0.921. The molecule has 0 fully saturated rings. The van der Waals surface area contributed by atoms with E-state index in [4.69, 9.17) is 0 Å². The molecule has 0 aliphatic rings. The van der Waals surface area contributed by atoms with Crippen molar-refractivity contribution in [2.24, 2.45) is 0 Å². The summed E-state index contributed by atoms with van der Waals surface area (Å²) in [5, 5.41) is 0. The summed E-state index contributed by atoms with van der Waals surface area (Å²) >= 11 is 0. The molecule has 0 bridgehead atoms. The van der Waals surface area contributed by atoms with Gasteiger partial charge >= 0.3 is 26.5 Å². The van der Waals surface area contributed by atoms with Gasteiger partial charge in [-0.3, -0.25) is 0 Å². The number of rotatable bonds is 0. The van der Waals surface area contributed by atoms with E-state index in [-0.39, 0.29) is 20.3 Å². The Hall–Kier alpha value is 0.387. The van der Waals surface area contributed by atoms with Crippen LogP contribution in [0, 0.1) is 6.92 Å². The molecule has 0 atom stereocenters. The van der Waals surface area contributed by atoms with Crippen molar-refractivity contribution >= 4 is 18.9 Å². The molecule has 0 saturated heterocycles. The summed E-state index contributed by atoms with van der Waals surface area (Å²) in [4.78, 5) is 0. The Morgan fingerprint density at radius 3 is 1.33 bits per heavy atom. The fraction of sp³-hybridized carbons (Fsp3) is 0.500. The summed E-state index contributed by atoms with van der Waals surface area (Å²) in [6.07, 6.45) is -4.25. The van der Waals surface area contributed by atoms with Crippen LogP contribution in [0.15, 0.2) is 0 Å². The summed E-state index contributed by atoms with van der Waals surface area (Å²) in [5.41, 5.74) is 0. The SMILES string of the molecule is [CH2]C(F)(F)F.[H+].[LiH]. The number of halogens is 3. The van der Waals surface area contributed by atoms with Crippen molar-refractivity contribution in [2.75, 3.05) is 0 Å². The number of hydrogen-bond acceptors (Lipinski definition) is 0. The van der Waals surface area contributed by atoms with Crippen molar-refractivity contribution in [1.29, 1.82) is 0 Å². The average Bonchev–Trinajstić information content (AvgIpc) is 0.722. The zero-order valence-corrected chi connectivity index (χ0v) is 2.34.